The lowest BCUT2D eigenvalue weighted by molar-refractivity contribution is 1.59. The van der Waals surface area contributed by atoms with Crippen LogP contribution in [0.3, 0.4) is 0 Å². The minimum Gasteiger partial charge on any atom is -0.0973 e. The monoisotopic (exact) mass is 196 g/mol. The minimum absolute atomic E-state index is 1.01. The molecular formula is C10H12S2. The number of hydrogen-bond acceptors (Lipinski definition) is 2. The van der Waals surface area contributed by atoms with Gasteiger partial charge in [0.05, 0.1) is 0 Å². The molecule has 0 aliphatic carbocycles. The van der Waals surface area contributed by atoms with Gasteiger partial charge in [0.25, 0.3) is 0 Å². The van der Waals surface area contributed by atoms with Crippen molar-refractivity contribution in [2.75, 3.05) is 12.0 Å². The maximum Gasteiger partial charge on any atom is 0.0288 e. The van der Waals surface area contributed by atoms with Gasteiger partial charge in [-0.05, 0) is 17.4 Å². The van der Waals surface area contributed by atoms with Crippen LogP contribution in [0.25, 0.3) is 5.57 Å². The van der Waals surface area contributed by atoms with Gasteiger partial charge in [0.15, 0.2) is 0 Å². The van der Waals surface area contributed by atoms with Gasteiger partial charge in [0, 0.05) is 5.75 Å². The molecule has 0 aliphatic rings. The van der Waals surface area contributed by atoms with E-state index in [1.165, 1.54) is 11.1 Å². The summed E-state index contributed by atoms with van der Waals surface area (Å²) in [5.41, 5.74) is 2.45. The Hall–Kier alpha value is -0.340. The molecule has 0 aliphatic heterocycles. The summed E-state index contributed by atoms with van der Waals surface area (Å²) in [5.74, 6) is 1.01. The van der Waals surface area contributed by atoms with Crippen LogP contribution < -0.4 is 0 Å². The van der Waals surface area contributed by atoms with Crippen molar-refractivity contribution in [1.82, 2.24) is 0 Å². The van der Waals surface area contributed by atoms with E-state index < -0.39 is 0 Å². The second-order valence-electron chi connectivity index (χ2n) is 2.40. The molecule has 1 aromatic carbocycles. The zero-order valence-corrected chi connectivity index (χ0v) is 8.75. The molecule has 0 radical (unpaired) electrons. The normalized spacial score (nSPS) is 9.75. The molecule has 1 rings (SSSR count). The summed E-state index contributed by atoms with van der Waals surface area (Å²) in [6.07, 6.45) is 2.09. The second kappa shape index (κ2) is 5.33. The van der Waals surface area contributed by atoms with Crippen molar-refractivity contribution in [3.63, 3.8) is 0 Å². The van der Waals surface area contributed by atoms with Gasteiger partial charge in [0.2, 0.25) is 0 Å². The summed E-state index contributed by atoms with van der Waals surface area (Å²) >= 11 is 0. The van der Waals surface area contributed by atoms with Gasteiger partial charge in [-0.15, -0.1) is 0 Å². The lowest BCUT2D eigenvalue weighted by atomic mass is 10.1. The van der Waals surface area contributed by atoms with E-state index in [0.29, 0.717) is 0 Å². The first-order chi connectivity index (χ1) is 5.84. The fourth-order valence-electron chi connectivity index (χ4n) is 0.887. The predicted octanol–water partition coefficient (Wildman–Crippen LogP) is 3.71. The van der Waals surface area contributed by atoms with Crippen LogP contribution >= 0.6 is 21.6 Å². The number of benzene rings is 1. The van der Waals surface area contributed by atoms with E-state index >= 15 is 0 Å². The Labute approximate surface area is 81.8 Å². The van der Waals surface area contributed by atoms with Crippen LogP contribution in [0.15, 0.2) is 36.9 Å². The van der Waals surface area contributed by atoms with Gasteiger partial charge < -0.3 is 0 Å². The Kier molecular flexibility index (Phi) is 4.33. The molecule has 1 aromatic rings. The fourth-order valence-corrected chi connectivity index (χ4v) is 2.09. The van der Waals surface area contributed by atoms with Crippen molar-refractivity contribution in [2.24, 2.45) is 0 Å². The third-order valence-electron chi connectivity index (χ3n) is 1.53. The highest BCUT2D eigenvalue weighted by Crippen LogP contribution is 2.24. The predicted molar refractivity (Wildman–Crippen MR) is 61.4 cm³/mol. The minimum atomic E-state index is 1.01. The third kappa shape index (κ3) is 2.95. The average molecular weight is 196 g/mol. The highest BCUT2D eigenvalue weighted by atomic mass is 33.1. The van der Waals surface area contributed by atoms with Crippen LogP contribution in [0.2, 0.25) is 0 Å². The highest BCUT2D eigenvalue weighted by Gasteiger charge is 1.96. The van der Waals surface area contributed by atoms with E-state index in [1.54, 1.807) is 10.8 Å². The van der Waals surface area contributed by atoms with Gasteiger partial charge in [0.1, 0.15) is 0 Å². The van der Waals surface area contributed by atoms with E-state index in [9.17, 15) is 0 Å². The Bertz CT molecular complexity index is 241. The molecule has 0 saturated heterocycles. The summed E-state index contributed by atoms with van der Waals surface area (Å²) in [7, 11) is 3.61. The Morgan fingerprint density at radius 3 is 2.58 bits per heavy atom. The van der Waals surface area contributed by atoms with Gasteiger partial charge in [-0.2, -0.15) is 0 Å². The zero-order chi connectivity index (χ0) is 8.81. The van der Waals surface area contributed by atoms with Gasteiger partial charge in [-0.25, -0.2) is 0 Å². The van der Waals surface area contributed by atoms with Crippen molar-refractivity contribution in [2.45, 2.75) is 0 Å². The smallest absolute Gasteiger partial charge is 0.0288 e. The number of hydrogen-bond donors (Lipinski definition) is 0. The molecule has 0 nitrogen and oxygen atoms in total. The summed E-state index contributed by atoms with van der Waals surface area (Å²) in [5, 5.41) is 0. The maximum atomic E-state index is 4.03. The molecule has 0 fully saturated rings. The topological polar surface area (TPSA) is 0 Å². The SMILES string of the molecule is C=C(CSSC)c1ccccc1. The molecule has 0 N–H and O–H groups in total. The quantitative estimate of drug-likeness (QED) is 0.673. The van der Waals surface area contributed by atoms with Crippen molar-refractivity contribution in [1.29, 1.82) is 0 Å². The van der Waals surface area contributed by atoms with Crippen molar-refractivity contribution >= 4 is 27.2 Å². The van der Waals surface area contributed by atoms with Crippen LogP contribution in [-0.4, -0.2) is 12.0 Å². The average Bonchev–Trinajstić information content (AvgIpc) is 2.15. The molecule has 2 heteroatoms. The van der Waals surface area contributed by atoms with Gasteiger partial charge in [-0.3, -0.25) is 0 Å². The van der Waals surface area contributed by atoms with Gasteiger partial charge >= 0.3 is 0 Å². The Morgan fingerprint density at radius 1 is 1.33 bits per heavy atom. The maximum absolute atomic E-state index is 4.03. The van der Waals surface area contributed by atoms with Crippen LogP contribution in [0, 0.1) is 0 Å². The fraction of sp³-hybridized carbons (Fsp3) is 0.200. The summed E-state index contributed by atoms with van der Waals surface area (Å²) < 4.78 is 0. The highest BCUT2D eigenvalue weighted by molar-refractivity contribution is 8.76. The zero-order valence-electron chi connectivity index (χ0n) is 7.12. The second-order valence-corrected chi connectivity index (χ2v) is 4.96. The van der Waals surface area contributed by atoms with Crippen molar-refractivity contribution < 1.29 is 0 Å². The van der Waals surface area contributed by atoms with Gasteiger partial charge in [-0.1, -0.05) is 58.5 Å². The molecule has 0 aromatic heterocycles. The first kappa shape index (κ1) is 9.75. The van der Waals surface area contributed by atoms with E-state index in [2.05, 4.69) is 25.0 Å². The molecule has 0 atom stereocenters. The number of rotatable bonds is 4. The molecule has 64 valence electrons. The Morgan fingerprint density at radius 2 is 2.00 bits per heavy atom. The third-order valence-corrected chi connectivity index (χ3v) is 3.30. The standard InChI is InChI=1S/C10H12S2/c1-9(8-12-11-2)10-6-4-3-5-7-10/h3-7H,1,8H2,2H3. The first-order valence-electron chi connectivity index (χ1n) is 3.73. The van der Waals surface area contributed by atoms with E-state index in [1.807, 2.05) is 29.0 Å². The molecule has 0 saturated carbocycles. The van der Waals surface area contributed by atoms with Crippen LogP contribution in [-0.2, 0) is 0 Å². The molecular weight excluding hydrogens is 184 g/mol. The lowest BCUT2D eigenvalue weighted by Gasteiger charge is -2.02. The van der Waals surface area contributed by atoms with Crippen LogP contribution in [0.5, 0.6) is 0 Å². The van der Waals surface area contributed by atoms with E-state index in [4.69, 9.17) is 0 Å². The lowest BCUT2D eigenvalue weighted by Crippen LogP contribution is -1.83. The summed E-state index contributed by atoms with van der Waals surface area (Å²) in [6.45, 7) is 4.03. The molecule has 0 bridgehead atoms. The molecule has 12 heavy (non-hydrogen) atoms. The van der Waals surface area contributed by atoms with E-state index in [0.717, 1.165) is 5.75 Å². The molecule has 0 unspecified atom stereocenters. The Balaban J connectivity index is 2.54. The summed E-state index contributed by atoms with van der Waals surface area (Å²) in [4.78, 5) is 0. The molecule has 0 spiro atoms. The van der Waals surface area contributed by atoms with Crippen molar-refractivity contribution in [3.8, 4) is 0 Å². The first-order valence-corrected chi connectivity index (χ1v) is 6.46. The molecule has 0 amide bonds. The molecule has 0 heterocycles. The van der Waals surface area contributed by atoms with E-state index in [-0.39, 0.29) is 0 Å². The van der Waals surface area contributed by atoms with Crippen LogP contribution in [0.4, 0.5) is 0 Å². The summed E-state index contributed by atoms with van der Waals surface area (Å²) in [6, 6.07) is 10.3. The van der Waals surface area contributed by atoms with Crippen LogP contribution in [0.1, 0.15) is 5.56 Å². The largest absolute Gasteiger partial charge is 0.0973 e. The van der Waals surface area contributed by atoms with Crippen molar-refractivity contribution in [3.05, 3.63) is 42.5 Å².